The van der Waals surface area contributed by atoms with Crippen molar-refractivity contribution in [3.63, 3.8) is 0 Å². The third-order valence-corrected chi connectivity index (χ3v) is 1.96. The van der Waals surface area contributed by atoms with Crippen LogP contribution < -0.4 is 0 Å². The van der Waals surface area contributed by atoms with Crippen LogP contribution in [0, 0.1) is 0 Å². The number of rotatable bonds is 5. The predicted molar refractivity (Wildman–Crippen MR) is 41.3 cm³/mol. The second-order valence-electron chi connectivity index (χ2n) is 2.01. The summed E-state index contributed by atoms with van der Waals surface area (Å²) in [5.41, 5.74) is 0. The lowest BCUT2D eigenvalue weighted by atomic mass is 10.3. The molecular weight excluding hydrogens is 168 g/mol. The van der Waals surface area contributed by atoms with Crippen molar-refractivity contribution in [2.24, 2.45) is 0 Å². The third-order valence-electron chi connectivity index (χ3n) is 0.985. The van der Waals surface area contributed by atoms with Crippen LogP contribution in [0.5, 0.6) is 0 Å². The maximum atomic E-state index is 10.6. The van der Waals surface area contributed by atoms with Crippen molar-refractivity contribution in [2.75, 3.05) is 7.11 Å². The van der Waals surface area contributed by atoms with Crippen LogP contribution in [0.2, 0.25) is 0 Å². The Bertz CT molecular complexity index is 207. The molecule has 0 aromatic heterocycles. The van der Waals surface area contributed by atoms with Crippen LogP contribution in [0.3, 0.4) is 0 Å². The van der Waals surface area contributed by atoms with Gasteiger partial charge in [-0.2, -0.15) is 8.42 Å². The highest BCUT2D eigenvalue weighted by Crippen LogP contribution is 2.03. The van der Waals surface area contributed by atoms with Gasteiger partial charge in [-0.3, -0.25) is 4.18 Å². The Balaban J connectivity index is 3.93. The summed E-state index contributed by atoms with van der Waals surface area (Å²) in [6.07, 6.45) is 1.63. The zero-order valence-corrected chi connectivity index (χ0v) is 7.43. The van der Waals surface area contributed by atoms with Crippen LogP contribution >= 0.6 is 0 Å². The molecule has 1 unspecified atom stereocenters. The zero-order valence-electron chi connectivity index (χ0n) is 6.61. The van der Waals surface area contributed by atoms with Gasteiger partial charge >= 0.3 is 10.4 Å². The molecule has 0 amide bonds. The van der Waals surface area contributed by atoms with E-state index in [1.54, 1.807) is 13.0 Å². The predicted octanol–water partition coefficient (Wildman–Crippen LogP) is 0.859. The Morgan fingerprint density at radius 3 is 2.55 bits per heavy atom. The van der Waals surface area contributed by atoms with E-state index in [1.165, 1.54) is 0 Å². The van der Waals surface area contributed by atoms with Crippen LogP contribution in [0.15, 0.2) is 12.7 Å². The third kappa shape index (κ3) is 4.94. The molecule has 0 N–H and O–H groups in total. The molecule has 0 fully saturated rings. The van der Waals surface area contributed by atoms with E-state index in [4.69, 9.17) is 0 Å². The fraction of sp³-hybridized carbons (Fsp3) is 0.667. The summed E-state index contributed by atoms with van der Waals surface area (Å²) < 4.78 is 29.8. The van der Waals surface area contributed by atoms with Gasteiger partial charge in [0, 0.05) is 0 Å². The Morgan fingerprint density at radius 1 is 1.64 bits per heavy atom. The van der Waals surface area contributed by atoms with E-state index in [-0.39, 0.29) is 0 Å². The van der Waals surface area contributed by atoms with Crippen LogP contribution in [0.1, 0.15) is 13.3 Å². The molecule has 1 atom stereocenters. The lowest BCUT2D eigenvalue weighted by Crippen LogP contribution is -2.15. The fourth-order valence-electron chi connectivity index (χ4n) is 0.514. The molecule has 0 saturated carbocycles. The first-order valence-corrected chi connectivity index (χ1v) is 4.45. The highest BCUT2D eigenvalue weighted by atomic mass is 32.3. The first-order valence-electron chi connectivity index (χ1n) is 3.11. The zero-order chi connectivity index (χ0) is 8.91. The van der Waals surface area contributed by atoms with Gasteiger partial charge in [0.2, 0.25) is 0 Å². The summed E-state index contributed by atoms with van der Waals surface area (Å²) in [5.74, 6) is 0. The molecule has 11 heavy (non-hydrogen) atoms. The van der Waals surface area contributed by atoms with E-state index >= 15 is 0 Å². The molecule has 0 bridgehead atoms. The van der Waals surface area contributed by atoms with E-state index < -0.39 is 16.5 Å². The van der Waals surface area contributed by atoms with Crippen LogP contribution in [-0.2, 0) is 18.8 Å². The monoisotopic (exact) mass is 180 g/mol. The molecule has 0 aliphatic rings. The van der Waals surface area contributed by atoms with Gasteiger partial charge in [-0.05, 0) is 13.3 Å². The standard InChI is InChI=1S/C6H12O4S/c1-4-5-6(2)10-11(7,8)9-3/h4,6H,1,5H2,2-3H3. The minimum atomic E-state index is -3.79. The maximum Gasteiger partial charge on any atom is 0.399 e. The summed E-state index contributed by atoms with van der Waals surface area (Å²) in [7, 11) is -2.74. The van der Waals surface area contributed by atoms with Crippen molar-refractivity contribution in [1.29, 1.82) is 0 Å². The molecule has 0 heterocycles. The van der Waals surface area contributed by atoms with E-state index in [2.05, 4.69) is 14.9 Å². The SMILES string of the molecule is C=CCC(C)OS(=O)(=O)OC. The summed E-state index contributed by atoms with van der Waals surface area (Å²) in [6.45, 7) is 5.06. The molecule has 5 heteroatoms. The first-order chi connectivity index (χ1) is 5.02. The van der Waals surface area contributed by atoms with Crippen molar-refractivity contribution in [3.05, 3.63) is 12.7 Å². The minimum Gasteiger partial charge on any atom is -0.252 e. The van der Waals surface area contributed by atoms with Gasteiger partial charge in [-0.15, -0.1) is 6.58 Å². The van der Waals surface area contributed by atoms with Crippen LogP contribution in [0.25, 0.3) is 0 Å². The molecule has 0 spiro atoms. The topological polar surface area (TPSA) is 52.6 Å². The van der Waals surface area contributed by atoms with Crippen LogP contribution in [0.4, 0.5) is 0 Å². The molecule has 0 radical (unpaired) electrons. The summed E-state index contributed by atoms with van der Waals surface area (Å²) in [4.78, 5) is 0. The number of hydrogen-bond donors (Lipinski definition) is 0. The van der Waals surface area contributed by atoms with Gasteiger partial charge in [0.25, 0.3) is 0 Å². The normalized spacial score (nSPS) is 14.4. The highest BCUT2D eigenvalue weighted by molar-refractivity contribution is 7.81. The summed E-state index contributed by atoms with van der Waals surface area (Å²) in [6, 6.07) is 0. The molecule has 0 aliphatic carbocycles. The van der Waals surface area contributed by atoms with Crippen molar-refractivity contribution in [1.82, 2.24) is 0 Å². The first kappa shape index (κ1) is 10.6. The van der Waals surface area contributed by atoms with Gasteiger partial charge in [-0.25, -0.2) is 4.18 Å². The Kier molecular flexibility index (Phi) is 4.32. The summed E-state index contributed by atoms with van der Waals surface area (Å²) in [5, 5.41) is 0. The van der Waals surface area contributed by atoms with E-state index in [1.807, 2.05) is 0 Å². The van der Waals surface area contributed by atoms with E-state index in [0.717, 1.165) is 7.11 Å². The molecule has 0 aromatic rings. The highest BCUT2D eigenvalue weighted by Gasteiger charge is 2.13. The Labute approximate surface area is 67.1 Å². The molecule has 0 aliphatic heterocycles. The van der Waals surface area contributed by atoms with Crippen molar-refractivity contribution in [3.8, 4) is 0 Å². The summed E-state index contributed by atoms with van der Waals surface area (Å²) >= 11 is 0. The quantitative estimate of drug-likeness (QED) is 0.589. The van der Waals surface area contributed by atoms with E-state index in [9.17, 15) is 8.42 Å². The maximum absolute atomic E-state index is 10.6. The van der Waals surface area contributed by atoms with Gasteiger partial charge in [0.1, 0.15) is 0 Å². The van der Waals surface area contributed by atoms with Crippen molar-refractivity contribution in [2.45, 2.75) is 19.4 Å². The average Bonchev–Trinajstić information content (AvgIpc) is 1.87. The molecule has 0 saturated heterocycles. The number of hydrogen-bond acceptors (Lipinski definition) is 4. The molecule has 66 valence electrons. The molecule has 0 aromatic carbocycles. The lowest BCUT2D eigenvalue weighted by molar-refractivity contribution is 0.186. The van der Waals surface area contributed by atoms with Gasteiger partial charge in [0.15, 0.2) is 0 Å². The Hall–Kier alpha value is -0.390. The van der Waals surface area contributed by atoms with Gasteiger partial charge in [0.05, 0.1) is 13.2 Å². The van der Waals surface area contributed by atoms with Gasteiger partial charge < -0.3 is 0 Å². The smallest absolute Gasteiger partial charge is 0.252 e. The fourth-order valence-corrected chi connectivity index (χ4v) is 1.07. The van der Waals surface area contributed by atoms with E-state index in [0.29, 0.717) is 6.42 Å². The second-order valence-corrected chi connectivity index (χ2v) is 3.35. The van der Waals surface area contributed by atoms with Crippen LogP contribution in [-0.4, -0.2) is 21.6 Å². The molecule has 0 rings (SSSR count). The molecule has 4 nitrogen and oxygen atoms in total. The van der Waals surface area contributed by atoms with Crippen molar-refractivity contribution >= 4 is 10.4 Å². The second kappa shape index (κ2) is 4.48. The van der Waals surface area contributed by atoms with Crippen molar-refractivity contribution < 1.29 is 16.8 Å². The van der Waals surface area contributed by atoms with Gasteiger partial charge in [-0.1, -0.05) is 6.08 Å². The molecular formula is C6H12O4S. The lowest BCUT2D eigenvalue weighted by Gasteiger charge is -2.07. The largest absolute Gasteiger partial charge is 0.399 e. The Morgan fingerprint density at radius 2 is 2.18 bits per heavy atom. The minimum absolute atomic E-state index is 0.419. The average molecular weight is 180 g/mol.